The molecule has 0 unspecified atom stereocenters. The second-order valence-electron chi connectivity index (χ2n) is 12.7. The van der Waals surface area contributed by atoms with Gasteiger partial charge in [-0.1, -0.05) is 60.7 Å². The number of nitrogens with one attached hydrogen (secondary N) is 2. The van der Waals surface area contributed by atoms with Crippen LogP contribution < -0.4 is 16.4 Å². The highest BCUT2D eigenvalue weighted by molar-refractivity contribution is 7.09. The first-order valence-corrected chi connectivity index (χ1v) is 17.1. The zero-order valence-corrected chi connectivity index (χ0v) is 28.2. The zero-order chi connectivity index (χ0) is 32.9. The molecule has 1 aliphatic heterocycles. The number of hydrogen-bond donors (Lipinski definition) is 4. The lowest BCUT2D eigenvalue weighted by Gasteiger charge is -2.30. The van der Waals surface area contributed by atoms with Crippen LogP contribution in [0.3, 0.4) is 0 Å². The number of ether oxygens (including phenoxy) is 1. The zero-order valence-electron chi connectivity index (χ0n) is 27.4. The lowest BCUT2D eigenvalue weighted by Crippen LogP contribution is -2.54. The highest BCUT2D eigenvalue weighted by Gasteiger charge is 2.27. The molecule has 4 rings (SSSR count). The molecule has 1 saturated heterocycles. The van der Waals surface area contributed by atoms with Crippen molar-refractivity contribution in [1.82, 2.24) is 25.4 Å². The SMILES string of the molecule is CN(Cc1csc(C(C)(C)O)n1)C(=O)N[C@@H](CCN1CCOCC1)C(=O)N[C@H](CC[C@@H](N)Cc1ccccc1)Cc1ccccc1. The second kappa shape index (κ2) is 17.5. The van der Waals surface area contributed by atoms with Crippen molar-refractivity contribution in [3.8, 4) is 0 Å². The van der Waals surface area contributed by atoms with Crippen LogP contribution in [0.2, 0.25) is 0 Å². The van der Waals surface area contributed by atoms with Gasteiger partial charge >= 0.3 is 6.03 Å². The molecule has 250 valence electrons. The third-order valence-electron chi connectivity index (χ3n) is 8.17. The molecule has 11 heteroatoms. The Balaban J connectivity index is 1.42. The van der Waals surface area contributed by atoms with Crippen LogP contribution in [0.1, 0.15) is 54.9 Å². The van der Waals surface area contributed by atoms with E-state index in [4.69, 9.17) is 10.5 Å². The summed E-state index contributed by atoms with van der Waals surface area (Å²) >= 11 is 1.36. The number of aliphatic hydroxyl groups is 1. The predicted molar refractivity (Wildman–Crippen MR) is 182 cm³/mol. The third kappa shape index (κ3) is 11.8. The normalized spacial score (nSPS) is 15.9. The van der Waals surface area contributed by atoms with Gasteiger partial charge in [0.05, 0.1) is 25.5 Å². The van der Waals surface area contributed by atoms with E-state index in [1.165, 1.54) is 21.8 Å². The average Bonchev–Trinajstić information content (AvgIpc) is 3.52. The van der Waals surface area contributed by atoms with Crippen molar-refractivity contribution in [3.63, 3.8) is 0 Å². The standard InChI is InChI=1S/C35H50N6O4S/c1-35(2,44)33-38-30(25-46-33)24-40(3)34(43)39-31(16-17-41-18-20-45-21-19-41)32(42)37-29(23-27-12-8-5-9-13-27)15-14-28(36)22-26-10-6-4-7-11-26/h4-13,25,28-29,31,44H,14-24,36H2,1-3H3,(H,37,42)(H,39,43)/t28-,29-,31+/m1/s1. The Labute approximate surface area is 277 Å². The van der Waals surface area contributed by atoms with Crippen LogP contribution in [0.4, 0.5) is 4.79 Å². The van der Waals surface area contributed by atoms with Gasteiger partial charge in [0.2, 0.25) is 5.91 Å². The summed E-state index contributed by atoms with van der Waals surface area (Å²) in [5.41, 5.74) is 8.51. The molecule has 2 heterocycles. The molecule has 3 aromatic rings. The quantitative estimate of drug-likeness (QED) is 0.186. The van der Waals surface area contributed by atoms with Crippen molar-refractivity contribution in [2.75, 3.05) is 39.9 Å². The maximum Gasteiger partial charge on any atom is 0.318 e. The van der Waals surface area contributed by atoms with Crippen LogP contribution in [0.25, 0.3) is 0 Å². The van der Waals surface area contributed by atoms with E-state index >= 15 is 0 Å². The summed E-state index contributed by atoms with van der Waals surface area (Å²) in [6.45, 7) is 7.21. The Morgan fingerprint density at radius 3 is 2.24 bits per heavy atom. The number of carbonyl (C=O) groups is 2. The number of nitrogens with zero attached hydrogens (tertiary/aromatic N) is 3. The number of rotatable bonds is 16. The number of urea groups is 1. The van der Waals surface area contributed by atoms with Gasteiger partial charge in [-0.05, 0) is 57.1 Å². The van der Waals surface area contributed by atoms with Crippen LogP contribution in [0.5, 0.6) is 0 Å². The maximum atomic E-state index is 13.9. The molecule has 46 heavy (non-hydrogen) atoms. The van der Waals surface area contributed by atoms with Gasteiger partial charge in [-0.3, -0.25) is 9.69 Å². The van der Waals surface area contributed by atoms with Crippen LogP contribution in [-0.2, 0) is 34.5 Å². The summed E-state index contributed by atoms with van der Waals surface area (Å²) in [5.74, 6) is -0.203. The summed E-state index contributed by atoms with van der Waals surface area (Å²) < 4.78 is 5.49. The van der Waals surface area contributed by atoms with Gasteiger partial charge in [0.1, 0.15) is 16.7 Å². The molecular formula is C35H50N6O4S. The van der Waals surface area contributed by atoms with E-state index in [2.05, 4.69) is 44.8 Å². The van der Waals surface area contributed by atoms with E-state index in [0.29, 0.717) is 49.7 Å². The lowest BCUT2D eigenvalue weighted by molar-refractivity contribution is -0.124. The minimum Gasteiger partial charge on any atom is -0.383 e. The summed E-state index contributed by atoms with van der Waals surface area (Å²) in [5, 5.41) is 19.0. The summed E-state index contributed by atoms with van der Waals surface area (Å²) in [6, 6.07) is 19.1. The van der Waals surface area contributed by atoms with Gasteiger partial charge in [-0.2, -0.15) is 0 Å². The summed E-state index contributed by atoms with van der Waals surface area (Å²) in [6.07, 6.45) is 3.37. The van der Waals surface area contributed by atoms with Crippen molar-refractivity contribution >= 4 is 23.3 Å². The highest BCUT2D eigenvalue weighted by atomic mass is 32.1. The number of carbonyl (C=O) groups excluding carboxylic acids is 2. The van der Waals surface area contributed by atoms with Gasteiger partial charge in [-0.25, -0.2) is 9.78 Å². The number of thiazole rings is 1. The summed E-state index contributed by atoms with van der Waals surface area (Å²) in [7, 11) is 1.68. The first kappa shape index (κ1) is 35.5. The molecule has 0 bridgehead atoms. The van der Waals surface area contributed by atoms with Crippen molar-refractivity contribution in [2.45, 2.75) is 76.2 Å². The number of morpholine rings is 1. The first-order chi connectivity index (χ1) is 22.1. The van der Waals surface area contributed by atoms with Gasteiger partial charge in [-0.15, -0.1) is 11.3 Å². The van der Waals surface area contributed by atoms with E-state index < -0.39 is 11.6 Å². The monoisotopic (exact) mass is 650 g/mol. The van der Waals surface area contributed by atoms with Gasteiger partial charge in [0.15, 0.2) is 0 Å². The number of aromatic nitrogens is 1. The number of benzene rings is 2. The lowest BCUT2D eigenvalue weighted by atomic mass is 9.96. The van der Waals surface area contributed by atoms with E-state index in [1.54, 1.807) is 20.9 Å². The fourth-order valence-electron chi connectivity index (χ4n) is 5.50. The van der Waals surface area contributed by atoms with E-state index in [0.717, 1.165) is 31.5 Å². The molecule has 1 aliphatic rings. The molecule has 0 saturated carbocycles. The maximum absolute atomic E-state index is 13.9. The topological polar surface area (TPSA) is 133 Å². The Morgan fingerprint density at radius 2 is 1.63 bits per heavy atom. The van der Waals surface area contributed by atoms with E-state index in [9.17, 15) is 14.7 Å². The van der Waals surface area contributed by atoms with Crippen LogP contribution in [-0.4, -0.2) is 89.8 Å². The largest absolute Gasteiger partial charge is 0.383 e. The number of nitrogens with two attached hydrogens (primary N) is 1. The second-order valence-corrected chi connectivity index (χ2v) is 13.6. The predicted octanol–water partition coefficient (Wildman–Crippen LogP) is 3.68. The fourth-order valence-corrected chi connectivity index (χ4v) is 6.33. The summed E-state index contributed by atoms with van der Waals surface area (Å²) in [4.78, 5) is 35.6. The molecule has 5 N–H and O–H groups in total. The fraction of sp³-hybridized carbons (Fsp3) is 0.514. The number of hydrogen-bond acceptors (Lipinski definition) is 8. The average molecular weight is 651 g/mol. The molecule has 0 spiro atoms. The molecule has 3 amide bonds. The van der Waals surface area contributed by atoms with E-state index in [-0.39, 0.29) is 30.6 Å². The van der Waals surface area contributed by atoms with Gasteiger partial charge in [0.25, 0.3) is 0 Å². The minimum absolute atomic E-state index is 0.0364. The van der Waals surface area contributed by atoms with Crippen LogP contribution >= 0.6 is 11.3 Å². The Morgan fingerprint density at radius 1 is 1.00 bits per heavy atom. The highest BCUT2D eigenvalue weighted by Crippen LogP contribution is 2.24. The van der Waals surface area contributed by atoms with Crippen LogP contribution in [0.15, 0.2) is 66.0 Å². The molecule has 10 nitrogen and oxygen atoms in total. The third-order valence-corrected chi connectivity index (χ3v) is 9.37. The van der Waals surface area contributed by atoms with E-state index in [1.807, 2.05) is 41.8 Å². The Bertz CT molecular complexity index is 1340. The molecular weight excluding hydrogens is 600 g/mol. The Hall–Kier alpha value is -3.35. The van der Waals surface area contributed by atoms with Crippen molar-refractivity contribution in [2.24, 2.45) is 5.73 Å². The molecule has 3 atom stereocenters. The van der Waals surface area contributed by atoms with Gasteiger partial charge < -0.3 is 31.1 Å². The smallest absolute Gasteiger partial charge is 0.318 e. The molecule has 1 fully saturated rings. The van der Waals surface area contributed by atoms with Crippen molar-refractivity contribution < 1.29 is 19.4 Å². The number of amides is 3. The van der Waals surface area contributed by atoms with Crippen molar-refractivity contribution in [3.05, 3.63) is 87.9 Å². The first-order valence-electron chi connectivity index (χ1n) is 16.2. The Kier molecular flexibility index (Phi) is 13.5. The van der Waals surface area contributed by atoms with Crippen LogP contribution in [0, 0.1) is 0 Å². The van der Waals surface area contributed by atoms with Crippen molar-refractivity contribution in [1.29, 1.82) is 0 Å². The molecule has 0 radical (unpaired) electrons. The molecule has 2 aromatic carbocycles. The molecule has 1 aromatic heterocycles. The van der Waals surface area contributed by atoms with Gasteiger partial charge in [0, 0.05) is 44.1 Å². The minimum atomic E-state index is -1.05. The molecule has 0 aliphatic carbocycles.